The van der Waals surface area contributed by atoms with Gasteiger partial charge in [-0.3, -0.25) is 0 Å². The molecule has 0 unspecified atom stereocenters. The highest BCUT2D eigenvalue weighted by molar-refractivity contribution is 5.31. The van der Waals surface area contributed by atoms with Crippen molar-refractivity contribution in [3.05, 3.63) is 31.2 Å². The molecule has 0 aliphatic carbocycles. The molecular weight excluding hydrogens is 212 g/mol. The van der Waals surface area contributed by atoms with Gasteiger partial charge in [-0.15, -0.1) is 0 Å². The molecule has 2 heteroatoms. The highest BCUT2D eigenvalue weighted by Gasteiger charge is 1.98. The van der Waals surface area contributed by atoms with Gasteiger partial charge in [-0.1, -0.05) is 26.2 Å². The average Bonchev–Trinajstić information content (AvgIpc) is 2.30. The minimum Gasteiger partial charge on any atom is -0.494 e. The first-order valence-corrected chi connectivity index (χ1v) is 6.41. The van der Waals surface area contributed by atoms with Gasteiger partial charge >= 0.3 is 0 Å². The van der Waals surface area contributed by atoms with Crippen LogP contribution in [0, 0.1) is 6.92 Å². The van der Waals surface area contributed by atoms with E-state index < -0.39 is 0 Å². The van der Waals surface area contributed by atoms with Crippen molar-refractivity contribution in [2.75, 3.05) is 6.61 Å². The SMILES string of the molecule is [CH2]CCCCCOc1ccc(OC(C)C)cc1. The van der Waals surface area contributed by atoms with Crippen LogP contribution in [-0.4, -0.2) is 12.7 Å². The van der Waals surface area contributed by atoms with Crippen LogP contribution in [0.3, 0.4) is 0 Å². The normalized spacial score (nSPS) is 10.6. The summed E-state index contributed by atoms with van der Waals surface area (Å²) < 4.78 is 11.2. The molecule has 0 heterocycles. The van der Waals surface area contributed by atoms with Crippen molar-refractivity contribution in [2.24, 2.45) is 0 Å². The minimum absolute atomic E-state index is 0.212. The maximum absolute atomic E-state index is 5.64. The lowest BCUT2D eigenvalue weighted by Crippen LogP contribution is -2.05. The van der Waals surface area contributed by atoms with Crippen LogP contribution in [0.25, 0.3) is 0 Å². The summed E-state index contributed by atoms with van der Waals surface area (Å²) in [5.41, 5.74) is 0. The molecule has 0 bridgehead atoms. The van der Waals surface area contributed by atoms with Gasteiger partial charge in [-0.05, 0) is 44.5 Å². The number of ether oxygens (including phenoxy) is 2. The molecule has 2 nitrogen and oxygen atoms in total. The lowest BCUT2D eigenvalue weighted by Gasteiger charge is -2.10. The summed E-state index contributed by atoms with van der Waals surface area (Å²) in [6.07, 6.45) is 4.70. The second-order valence-electron chi connectivity index (χ2n) is 4.40. The van der Waals surface area contributed by atoms with Crippen molar-refractivity contribution in [1.29, 1.82) is 0 Å². The smallest absolute Gasteiger partial charge is 0.119 e. The van der Waals surface area contributed by atoms with E-state index in [1.165, 1.54) is 12.8 Å². The third-order valence-electron chi connectivity index (χ3n) is 2.36. The predicted octanol–water partition coefficient (Wildman–Crippen LogP) is 4.25. The topological polar surface area (TPSA) is 18.5 Å². The van der Waals surface area contributed by atoms with E-state index in [2.05, 4.69) is 6.92 Å². The summed E-state index contributed by atoms with van der Waals surface area (Å²) in [4.78, 5) is 0. The van der Waals surface area contributed by atoms with E-state index in [-0.39, 0.29) is 6.10 Å². The Kier molecular flexibility index (Phi) is 6.53. The molecule has 95 valence electrons. The second-order valence-corrected chi connectivity index (χ2v) is 4.40. The summed E-state index contributed by atoms with van der Waals surface area (Å²) in [6.45, 7) is 8.64. The molecule has 0 saturated carbocycles. The highest BCUT2D eigenvalue weighted by atomic mass is 16.5. The maximum Gasteiger partial charge on any atom is 0.119 e. The zero-order valence-corrected chi connectivity index (χ0v) is 10.9. The number of unbranched alkanes of at least 4 members (excludes halogenated alkanes) is 3. The van der Waals surface area contributed by atoms with Crippen molar-refractivity contribution >= 4 is 0 Å². The molecule has 0 amide bonds. The van der Waals surface area contributed by atoms with E-state index in [1.807, 2.05) is 38.1 Å². The summed E-state index contributed by atoms with van der Waals surface area (Å²) in [5.74, 6) is 1.81. The first-order valence-electron chi connectivity index (χ1n) is 6.41. The van der Waals surface area contributed by atoms with Gasteiger partial charge < -0.3 is 9.47 Å². The van der Waals surface area contributed by atoms with Crippen LogP contribution >= 0.6 is 0 Å². The molecule has 1 radical (unpaired) electrons. The third kappa shape index (κ3) is 6.20. The molecule has 0 atom stereocenters. The van der Waals surface area contributed by atoms with Crippen molar-refractivity contribution in [3.8, 4) is 11.5 Å². The van der Waals surface area contributed by atoms with Crippen LogP contribution in [-0.2, 0) is 0 Å². The summed E-state index contributed by atoms with van der Waals surface area (Å²) in [5, 5.41) is 0. The predicted molar refractivity (Wildman–Crippen MR) is 71.5 cm³/mol. The number of hydrogen-bond acceptors (Lipinski definition) is 2. The lowest BCUT2D eigenvalue weighted by atomic mass is 10.2. The molecule has 0 N–H and O–H groups in total. The van der Waals surface area contributed by atoms with Gasteiger partial charge in [0.05, 0.1) is 12.7 Å². The van der Waals surface area contributed by atoms with Crippen LogP contribution in [0.15, 0.2) is 24.3 Å². The number of benzene rings is 1. The Hall–Kier alpha value is -1.18. The van der Waals surface area contributed by atoms with Crippen LogP contribution in [0.1, 0.15) is 39.5 Å². The zero-order valence-electron chi connectivity index (χ0n) is 10.9. The first-order chi connectivity index (χ1) is 8.22. The molecule has 1 aromatic carbocycles. The largest absolute Gasteiger partial charge is 0.494 e. The van der Waals surface area contributed by atoms with Crippen molar-refractivity contribution in [2.45, 2.75) is 45.6 Å². The molecular formula is C15H23O2. The van der Waals surface area contributed by atoms with Crippen LogP contribution in [0.5, 0.6) is 11.5 Å². The van der Waals surface area contributed by atoms with E-state index in [1.54, 1.807) is 0 Å². The molecule has 0 aliphatic heterocycles. The average molecular weight is 235 g/mol. The Morgan fingerprint density at radius 2 is 1.65 bits per heavy atom. The van der Waals surface area contributed by atoms with Crippen molar-refractivity contribution in [3.63, 3.8) is 0 Å². The Morgan fingerprint density at radius 1 is 1.00 bits per heavy atom. The molecule has 17 heavy (non-hydrogen) atoms. The summed E-state index contributed by atoms with van der Waals surface area (Å²) in [7, 11) is 0. The van der Waals surface area contributed by atoms with E-state index in [4.69, 9.17) is 9.47 Å². The molecule has 1 aromatic rings. The number of hydrogen-bond donors (Lipinski definition) is 0. The Balaban J connectivity index is 2.25. The minimum atomic E-state index is 0.212. The second kappa shape index (κ2) is 7.99. The zero-order chi connectivity index (χ0) is 12.5. The molecule has 0 fully saturated rings. The number of rotatable bonds is 8. The van der Waals surface area contributed by atoms with Gasteiger partial charge in [0.2, 0.25) is 0 Å². The molecule has 0 spiro atoms. The molecule has 0 aromatic heterocycles. The molecule has 0 saturated heterocycles. The third-order valence-corrected chi connectivity index (χ3v) is 2.36. The highest BCUT2D eigenvalue weighted by Crippen LogP contribution is 2.18. The summed E-state index contributed by atoms with van der Waals surface area (Å²) in [6, 6.07) is 7.81. The quantitative estimate of drug-likeness (QED) is 0.627. The van der Waals surface area contributed by atoms with E-state index >= 15 is 0 Å². The summed E-state index contributed by atoms with van der Waals surface area (Å²) >= 11 is 0. The van der Waals surface area contributed by atoms with Gasteiger partial charge in [0.1, 0.15) is 11.5 Å². The fourth-order valence-corrected chi connectivity index (χ4v) is 1.53. The molecule has 0 aliphatic rings. The lowest BCUT2D eigenvalue weighted by molar-refractivity contribution is 0.241. The van der Waals surface area contributed by atoms with Crippen LogP contribution in [0.2, 0.25) is 0 Å². The van der Waals surface area contributed by atoms with Crippen LogP contribution in [0.4, 0.5) is 0 Å². The Bertz CT molecular complexity index is 290. The maximum atomic E-state index is 5.64. The van der Waals surface area contributed by atoms with E-state index in [0.29, 0.717) is 0 Å². The Labute approximate surface area is 105 Å². The van der Waals surface area contributed by atoms with Gasteiger partial charge in [-0.25, -0.2) is 0 Å². The first kappa shape index (κ1) is 13.9. The Morgan fingerprint density at radius 3 is 2.24 bits per heavy atom. The van der Waals surface area contributed by atoms with Gasteiger partial charge in [0.25, 0.3) is 0 Å². The fraction of sp³-hybridized carbons (Fsp3) is 0.533. The monoisotopic (exact) mass is 235 g/mol. The van der Waals surface area contributed by atoms with Gasteiger partial charge in [0, 0.05) is 0 Å². The fourth-order valence-electron chi connectivity index (χ4n) is 1.53. The van der Waals surface area contributed by atoms with Crippen LogP contribution < -0.4 is 9.47 Å². The van der Waals surface area contributed by atoms with Gasteiger partial charge in [-0.2, -0.15) is 0 Å². The van der Waals surface area contributed by atoms with Crippen molar-refractivity contribution in [1.82, 2.24) is 0 Å². The molecule has 1 rings (SSSR count). The van der Waals surface area contributed by atoms with E-state index in [9.17, 15) is 0 Å². The van der Waals surface area contributed by atoms with Gasteiger partial charge in [0.15, 0.2) is 0 Å². The van der Waals surface area contributed by atoms with E-state index in [0.717, 1.165) is 30.9 Å². The van der Waals surface area contributed by atoms with Crippen molar-refractivity contribution < 1.29 is 9.47 Å². The standard InChI is InChI=1S/C15H23O2/c1-4-5-6-7-12-16-14-8-10-15(11-9-14)17-13(2)3/h8-11,13H,1,4-7,12H2,2-3H3.